The first-order valence-corrected chi connectivity index (χ1v) is 15.8. The maximum Gasteiger partial charge on any atom is 0.302 e. The summed E-state index contributed by atoms with van der Waals surface area (Å²) in [5, 5.41) is 16.3. The van der Waals surface area contributed by atoms with E-state index in [-0.39, 0.29) is 23.5 Å². The highest BCUT2D eigenvalue weighted by Gasteiger charge is 2.67. The van der Waals surface area contributed by atoms with Crippen molar-refractivity contribution in [2.75, 3.05) is 13.1 Å². The van der Waals surface area contributed by atoms with Crippen LogP contribution in [0.1, 0.15) is 119 Å². The lowest BCUT2D eigenvalue weighted by molar-refractivity contribution is -0.237. The van der Waals surface area contributed by atoms with Gasteiger partial charge in [-0.25, -0.2) is 0 Å². The lowest BCUT2D eigenvalue weighted by atomic mass is 9.42. The average Bonchev–Trinajstić information content (AvgIpc) is 3.17. The van der Waals surface area contributed by atoms with Crippen molar-refractivity contribution in [2.45, 2.75) is 136 Å². The van der Waals surface area contributed by atoms with Gasteiger partial charge in [0, 0.05) is 24.8 Å². The molecule has 0 saturated heterocycles. The number of hydrogen-bond donors (Lipinski definition) is 3. The first kappa shape index (κ1) is 29.3. The van der Waals surface area contributed by atoms with Crippen molar-refractivity contribution in [2.24, 2.45) is 52.1 Å². The third-order valence-electron chi connectivity index (χ3n) is 12.2. The van der Waals surface area contributed by atoms with E-state index in [4.69, 9.17) is 10.5 Å². The average molecular weight is 519 g/mol. The molecule has 10 atom stereocenters. The molecule has 4 rings (SSSR count). The van der Waals surface area contributed by atoms with Crippen LogP contribution in [0, 0.1) is 46.3 Å². The van der Waals surface area contributed by atoms with Crippen LogP contribution in [0.5, 0.6) is 0 Å². The quantitative estimate of drug-likeness (QED) is 0.241. The van der Waals surface area contributed by atoms with Crippen molar-refractivity contribution in [3.05, 3.63) is 0 Å². The fourth-order valence-electron chi connectivity index (χ4n) is 10.3. The van der Waals surface area contributed by atoms with E-state index < -0.39 is 5.60 Å². The van der Waals surface area contributed by atoms with E-state index in [1.165, 1.54) is 51.9 Å². The summed E-state index contributed by atoms with van der Waals surface area (Å²) in [6.45, 7) is 15.3. The third kappa shape index (κ3) is 5.40. The lowest BCUT2D eigenvalue weighted by Gasteiger charge is -2.66. The molecule has 0 heterocycles. The second-order valence-corrected chi connectivity index (χ2v) is 14.6. The number of carbonyl (C=O) groups is 1. The van der Waals surface area contributed by atoms with Crippen LogP contribution in [0.15, 0.2) is 0 Å². The number of fused-ring (bicyclic) bond motifs is 5. The standard InChI is InChI=1S/C32H58N2O3/c1-21(2)9-7-10-22(3)26-11-12-27-25-19-29(34-18-8-17-33)32(36)20-24(37-23(4)35)13-16-31(32,6)28(25)14-15-30(26,27)5/h21-22,24-29,34,36H,7-20,33H2,1-6H3/t22-,24?,25+,26-,27+,28+,29?,30-,31-,32?/m1/s1. The monoisotopic (exact) mass is 518 g/mol. The Morgan fingerprint density at radius 3 is 2.49 bits per heavy atom. The highest BCUT2D eigenvalue weighted by molar-refractivity contribution is 5.66. The minimum atomic E-state index is -0.850. The molecular weight excluding hydrogens is 460 g/mol. The van der Waals surface area contributed by atoms with Gasteiger partial charge in [-0.15, -0.1) is 0 Å². The molecule has 0 bridgehead atoms. The Labute approximate surface area is 227 Å². The Morgan fingerprint density at radius 1 is 1.05 bits per heavy atom. The Morgan fingerprint density at radius 2 is 1.81 bits per heavy atom. The number of nitrogens with one attached hydrogen (secondary N) is 1. The number of ether oxygens (including phenoxy) is 1. The van der Waals surface area contributed by atoms with Gasteiger partial charge in [-0.3, -0.25) is 4.79 Å². The predicted molar refractivity (Wildman–Crippen MR) is 151 cm³/mol. The fraction of sp³-hybridized carbons (Fsp3) is 0.969. The van der Waals surface area contributed by atoms with Crippen molar-refractivity contribution in [1.29, 1.82) is 0 Å². The normalized spacial score (nSPS) is 44.1. The number of nitrogens with two attached hydrogens (primary N) is 1. The highest BCUT2D eigenvalue weighted by Crippen LogP contribution is 2.69. The Balaban J connectivity index is 1.57. The summed E-state index contributed by atoms with van der Waals surface area (Å²) in [6, 6.07) is 0.0357. The van der Waals surface area contributed by atoms with Crippen molar-refractivity contribution in [3.8, 4) is 0 Å². The Hall–Kier alpha value is -0.650. The van der Waals surface area contributed by atoms with Crippen LogP contribution in [0.2, 0.25) is 0 Å². The first-order valence-electron chi connectivity index (χ1n) is 15.8. The molecular formula is C32H58N2O3. The van der Waals surface area contributed by atoms with Gasteiger partial charge in [-0.2, -0.15) is 0 Å². The Bertz CT molecular complexity index is 788. The summed E-state index contributed by atoms with van der Waals surface area (Å²) < 4.78 is 5.69. The third-order valence-corrected chi connectivity index (χ3v) is 12.2. The molecule has 4 aliphatic carbocycles. The number of rotatable bonds is 10. The van der Waals surface area contributed by atoms with E-state index in [9.17, 15) is 9.90 Å². The molecule has 3 unspecified atom stereocenters. The Kier molecular flexibility index (Phi) is 9.08. The molecule has 37 heavy (non-hydrogen) atoms. The zero-order valence-electron chi connectivity index (χ0n) is 24.9. The first-order chi connectivity index (χ1) is 17.5. The van der Waals surface area contributed by atoms with Gasteiger partial charge < -0.3 is 20.9 Å². The smallest absolute Gasteiger partial charge is 0.302 e. The molecule has 5 heteroatoms. The van der Waals surface area contributed by atoms with E-state index in [1.807, 2.05) is 0 Å². The molecule has 0 amide bonds. The summed E-state index contributed by atoms with van der Waals surface area (Å²) in [5.41, 5.74) is 5.28. The van der Waals surface area contributed by atoms with Crippen molar-refractivity contribution in [1.82, 2.24) is 5.32 Å². The summed E-state index contributed by atoms with van der Waals surface area (Å²) in [5.74, 6) is 4.19. The van der Waals surface area contributed by atoms with Crippen LogP contribution in [0.3, 0.4) is 0 Å². The van der Waals surface area contributed by atoms with Gasteiger partial charge in [-0.05, 0) is 105 Å². The van der Waals surface area contributed by atoms with Gasteiger partial charge in [-0.1, -0.05) is 53.9 Å². The van der Waals surface area contributed by atoms with Crippen LogP contribution >= 0.6 is 0 Å². The van der Waals surface area contributed by atoms with E-state index in [0.717, 1.165) is 55.9 Å². The maximum atomic E-state index is 12.5. The van der Waals surface area contributed by atoms with E-state index in [0.29, 0.717) is 30.2 Å². The molecule has 0 aromatic carbocycles. The van der Waals surface area contributed by atoms with Gasteiger partial charge in [0.25, 0.3) is 0 Å². The molecule has 0 spiro atoms. The van der Waals surface area contributed by atoms with Gasteiger partial charge in [0.1, 0.15) is 6.10 Å². The summed E-state index contributed by atoms with van der Waals surface area (Å²) in [4.78, 5) is 11.8. The molecule has 4 saturated carbocycles. The molecule has 4 N–H and O–H groups in total. The number of aliphatic hydroxyl groups is 1. The zero-order chi connectivity index (χ0) is 27.0. The van der Waals surface area contributed by atoms with Gasteiger partial charge >= 0.3 is 5.97 Å². The minimum Gasteiger partial charge on any atom is -0.462 e. The predicted octanol–water partition coefficient (Wildman–Crippen LogP) is 6.07. The van der Waals surface area contributed by atoms with Gasteiger partial charge in [0.15, 0.2) is 0 Å². The molecule has 0 aliphatic heterocycles. The van der Waals surface area contributed by atoms with Crippen LogP contribution in [-0.4, -0.2) is 41.9 Å². The highest BCUT2D eigenvalue weighted by atomic mass is 16.5. The van der Waals surface area contributed by atoms with Gasteiger partial charge in [0.2, 0.25) is 0 Å². The van der Waals surface area contributed by atoms with Crippen LogP contribution in [-0.2, 0) is 9.53 Å². The molecule has 4 aliphatic rings. The molecule has 214 valence electrons. The number of carbonyl (C=O) groups excluding carboxylic acids is 1. The van der Waals surface area contributed by atoms with E-state index >= 15 is 0 Å². The number of hydrogen-bond acceptors (Lipinski definition) is 5. The molecule has 0 radical (unpaired) electrons. The molecule has 5 nitrogen and oxygen atoms in total. The maximum absolute atomic E-state index is 12.5. The summed E-state index contributed by atoms with van der Waals surface area (Å²) >= 11 is 0. The fourth-order valence-corrected chi connectivity index (χ4v) is 10.3. The zero-order valence-corrected chi connectivity index (χ0v) is 24.9. The van der Waals surface area contributed by atoms with Crippen LogP contribution < -0.4 is 11.1 Å². The number of esters is 1. The van der Waals surface area contributed by atoms with Crippen molar-refractivity contribution in [3.63, 3.8) is 0 Å². The second kappa shape index (κ2) is 11.5. The SMILES string of the molecule is CC(=O)OC1CC[C@]2(C)[C@H]3CC[C@]4(C)[C@@H]([C@H](C)CCCC(C)C)CC[C@H]4[C@@H]3CC(NCCCN)C2(O)C1. The van der Waals surface area contributed by atoms with Crippen molar-refractivity contribution >= 4 is 5.97 Å². The van der Waals surface area contributed by atoms with Crippen LogP contribution in [0.4, 0.5) is 0 Å². The topological polar surface area (TPSA) is 84.6 Å². The van der Waals surface area contributed by atoms with E-state index in [2.05, 4.69) is 39.9 Å². The largest absolute Gasteiger partial charge is 0.462 e. The second-order valence-electron chi connectivity index (χ2n) is 14.6. The lowest BCUT2D eigenvalue weighted by Crippen LogP contribution is -2.71. The minimum absolute atomic E-state index is 0.0357. The molecule has 4 fully saturated rings. The van der Waals surface area contributed by atoms with E-state index in [1.54, 1.807) is 0 Å². The van der Waals surface area contributed by atoms with Gasteiger partial charge in [0.05, 0.1) is 5.60 Å². The summed E-state index contributed by atoms with van der Waals surface area (Å²) in [6.07, 6.45) is 13.5. The van der Waals surface area contributed by atoms with Crippen LogP contribution in [0.25, 0.3) is 0 Å². The molecule has 0 aromatic rings. The van der Waals surface area contributed by atoms with Crippen molar-refractivity contribution < 1.29 is 14.6 Å². The molecule has 0 aromatic heterocycles. The summed E-state index contributed by atoms with van der Waals surface area (Å²) in [7, 11) is 0.